The van der Waals surface area contributed by atoms with Crippen molar-refractivity contribution in [2.24, 2.45) is 5.92 Å². The summed E-state index contributed by atoms with van der Waals surface area (Å²) in [6.45, 7) is 11.5. The van der Waals surface area contributed by atoms with Gasteiger partial charge in [0.05, 0.1) is 5.92 Å². The zero-order valence-corrected chi connectivity index (χ0v) is 19.5. The maximum absolute atomic E-state index is 13.2. The second-order valence-corrected chi connectivity index (χ2v) is 9.12. The van der Waals surface area contributed by atoms with Gasteiger partial charge in [-0.15, -0.1) is 0 Å². The number of aryl methyl sites for hydroxylation is 2. The van der Waals surface area contributed by atoms with Crippen molar-refractivity contribution in [1.82, 2.24) is 14.9 Å². The zero-order chi connectivity index (χ0) is 22.8. The van der Waals surface area contributed by atoms with E-state index in [4.69, 9.17) is 4.98 Å². The third-order valence-electron chi connectivity index (χ3n) is 6.42. The number of carbonyl (C=O) groups excluding carboxylic acids is 2. The van der Waals surface area contributed by atoms with E-state index in [0.717, 1.165) is 42.5 Å². The lowest BCUT2D eigenvalue weighted by Gasteiger charge is -2.36. The molecule has 2 amide bonds. The minimum Gasteiger partial charge on any atom is -0.353 e. The zero-order valence-electron chi connectivity index (χ0n) is 19.5. The van der Waals surface area contributed by atoms with E-state index >= 15 is 0 Å². The summed E-state index contributed by atoms with van der Waals surface area (Å²) in [5.41, 5.74) is 3.09. The summed E-state index contributed by atoms with van der Waals surface area (Å²) < 4.78 is 0. The van der Waals surface area contributed by atoms with Crippen LogP contribution >= 0.6 is 0 Å². The third kappa shape index (κ3) is 4.61. The van der Waals surface area contributed by atoms with E-state index in [0.29, 0.717) is 19.6 Å². The molecule has 0 spiro atoms. The van der Waals surface area contributed by atoms with Crippen LogP contribution < -0.4 is 9.80 Å². The van der Waals surface area contributed by atoms with Crippen LogP contribution in [0.3, 0.4) is 0 Å². The van der Waals surface area contributed by atoms with Crippen molar-refractivity contribution in [3.05, 3.63) is 47.4 Å². The number of anilines is 2. The second kappa shape index (κ2) is 9.27. The number of benzene rings is 1. The fourth-order valence-electron chi connectivity index (χ4n) is 4.44. The van der Waals surface area contributed by atoms with Gasteiger partial charge in [0.25, 0.3) is 0 Å². The highest BCUT2D eigenvalue weighted by atomic mass is 16.2. The molecule has 7 heteroatoms. The summed E-state index contributed by atoms with van der Waals surface area (Å²) in [4.78, 5) is 40.9. The Bertz CT molecular complexity index is 980. The van der Waals surface area contributed by atoms with Gasteiger partial charge in [0.2, 0.25) is 11.8 Å². The van der Waals surface area contributed by atoms with Gasteiger partial charge in [-0.05, 0) is 31.0 Å². The van der Waals surface area contributed by atoms with Gasteiger partial charge in [0.15, 0.2) is 0 Å². The van der Waals surface area contributed by atoms with Crippen LogP contribution in [0.15, 0.2) is 30.3 Å². The maximum atomic E-state index is 13.2. The SMILES string of the molecule is CCc1ccc(N2CC(C(=O)N3CCN(c4cc(C)nc(C(C)C)n4)CC3)CC2=O)cc1. The first kappa shape index (κ1) is 22.2. The molecule has 32 heavy (non-hydrogen) atoms. The second-order valence-electron chi connectivity index (χ2n) is 9.12. The van der Waals surface area contributed by atoms with Crippen molar-refractivity contribution < 1.29 is 9.59 Å². The minimum atomic E-state index is -0.270. The fourth-order valence-corrected chi connectivity index (χ4v) is 4.44. The van der Waals surface area contributed by atoms with Crippen LogP contribution in [0, 0.1) is 12.8 Å². The molecule has 2 aliphatic heterocycles. The van der Waals surface area contributed by atoms with Crippen LogP contribution in [0.25, 0.3) is 0 Å². The first-order valence-corrected chi connectivity index (χ1v) is 11.6. The molecular formula is C25H33N5O2. The summed E-state index contributed by atoms with van der Waals surface area (Å²) in [5.74, 6) is 1.92. The van der Waals surface area contributed by atoms with E-state index in [2.05, 4.69) is 42.8 Å². The van der Waals surface area contributed by atoms with Crippen molar-refractivity contribution in [2.75, 3.05) is 42.5 Å². The molecule has 2 aliphatic rings. The number of amides is 2. The van der Waals surface area contributed by atoms with E-state index in [1.807, 2.05) is 30.0 Å². The summed E-state index contributed by atoms with van der Waals surface area (Å²) in [7, 11) is 0. The van der Waals surface area contributed by atoms with Crippen LogP contribution in [-0.4, -0.2) is 59.4 Å². The normalized spacial score (nSPS) is 19.2. The van der Waals surface area contributed by atoms with E-state index < -0.39 is 0 Å². The lowest BCUT2D eigenvalue weighted by Crippen LogP contribution is -2.51. The van der Waals surface area contributed by atoms with Gasteiger partial charge >= 0.3 is 0 Å². The van der Waals surface area contributed by atoms with Gasteiger partial charge < -0.3 is 14.7 Å². The molecule has 3 heterocycles. The van der Waals surface area contributed by atoms with Gasteiger partial charge in [0.1, 0.15) is 11.6 Å². The molecule has 1 aromatic carbocycles. The largest absolute Gasteiger partial charge is 0.353 e. The predicted octanol–water partition coefficient (Wildman–Crippen LogP) is 3.17. The Morgan fingerprint density at radius 3 is 2.41 bits per heavy atom. The molecule has 0 N–H and O–H groups in total. The number of rotatable bonds is 5. The van der Waals surface area contributed by atoms with Gasteiger partial charge in [-0.1, -0.05) is 32.9 Å². The number of aromatic nitrogens is 2. The highest BCUT2D eigenvalue weighted by Crippen LogP contribution is 2.27. The topological polar surface area (TPSA) is 69.6 Å². The molecule has 2 fully saturated rings. The number of carbonyl (C=O) groups is 2. The van der Waals surface area contributed by atoms with E-state index in [9.17, 15) is 9.59 Å². The standard InChI is InChI=1S/C25H33N5O2/c1-5-19-6-8-21(9-7-19)30-16-20(15-23(30)31)25(32)29-12-10-28(11-13-29)22-14-18(4)26-24(27-22)17(2)3/h6-9,14,17,20H,5,10-13,15-16H2,1-4H3. The fraction of sp³-hybridized carbons (Fsp3) is 0.520. The van der Waals surface area contributed by atoms with Gasteiger partial charge in [-0.3, -0.25) is 9.59 Å². The van der Waals surface area contributed by atoms with Crippen LogP contribution in [-0.2, 0) is 16.0 Å². The van der Waals surface area contributed by atoms with Crippen LogP contribution in [0.2, 0.25) is 0 Å². The average molecular weight is 436 g/mol. The molecule has 0 bridgehead atoms. The van der Waals surface area contributed by atoms with Crippen LogP contribution in [0.5, 0.6) is 0 Å². The Balaban J connectivity index is 1.37. The van der Waals surface area contributed by atoms with Gasteiger partial charge in [0, 0.05) is 62.5 Å². The van der Waals surface area contributed by atoms with E-state index in [1.54, 1.807) is 4.90 Å². The quantitative estimate of drug-likeness (QED) is 0.722. The van der Waals surface area contributed by atoms with Crippen molar-refractivity contribution in [3.63, 3.8) is 0 Å². The van der Waals surface area contributed by atoms with E-state index in [-0.39, 0.29) is 30.1 Å². The van der Waals surface area contributed by atoms with Crippen molar-refractivity contribution >= 4 is 23.3 Å². The van der Waals surface area contributed by atoms with Gasteiger partial charge in [-0.25, -0.2) is 9.97 Å². The summed E-state index contributed by atoms with van der Waals surface area (Å²) in [6.07, 6.45) is 1.26. The lowest BCUT2D eigenvalue weighted by molar-refractivity contribution is -0.136. The number of piperazine rings is 1. The predicted molar refractivity (Wildman–Crippen MR) is 126 cm³/mol. The molecule has 2 saturated heterocycles. The molecular weight excluding hydrogens is 402 g/mol. The van der Waals surface area contributed by atoms with Gasteiger partial charge in [-0.2, -0.15) is 0 Å². The number of hydrogen-bond acceptors (Lipinski definition) is 5. The molecule has 0 radical (unpaired) electrons. The number of nitrogens with zero attached hydrogens (tertiary/aromatic N) is 5. The average Bonchev–Trinajstić information content (AvgIpc) is 3.19. The maximum Gasteiger partial charge on any atom is 0.228 e. The summed E-state index contributed by atoms with van der Waals surface area (Å²) >= 11 is 0. The first-order chi connectivity index (χ1) is 15.4. The molecule has 1 aromatic heterocycles. The van der Waals surface area contributed by atoms with Crippen molar-refractivity contribution in [1.29, 1.82) is 0 Å². The smallest absolute Gasteiger partial charge is 0.228 e. The first-order valence-electron chi connectivity index (χ1n) is 11.6. The molecule has 170 valence electrons. The minimum absolute atomic E-state index is 0.0314. The molecule has 1 unspecified atom stereocenters. The van der Waals surface area contributed by atoms with E-state index in [1.165, 1.54) is 5.56 Å². The molecule has 0 aliphatic carbocycles. The van der Waals surface area contributed by atoms with Crippen LogP contribution in [0.1, 0.15) is 50.2 Å². The summed E-state index contributed by atoms with van der Waals surface area (Å²) in [5, 5.41) is 0. The third-order valence-corrected chi connectivity index (χ3v) is 6.42. The number of hydrogen-bond donors (Lipinski definition) is 0. The Kier molecular flexibility index (Phi) is 6.44. The lowest BCUT2D eigenvalue weighted by atomic mass is 10.1. The Morgan fingerprint density at radius 1 is 1.09 bits per heavy atom. The monoisotopic (exact) mass is 435 g/mol. The Morgan fingerprint density at radius 2 is 1.78 bits per heavy atom. The summed E-state index contributed by atoms with van der Waals surface area (Å²) in [6, 6.07) is 10.1. The Hall–Kier alpha value is -2.96. The highest BCUT2D eigenvalue weighted by Gasteiger charge is 2.38. The molecule has 0 saturated carbocycles. The van der Waals surface area contributed by atoms with Crippen LogP contribution in [0.4, 0.5) is 11.5 Å². The van der Waals surface area contributed by atoms with Crippen molar-refractivity contribution in [3.8, 4) is 0 Å². The molecule has 2 aromatic rings. The highest BCUT2D eigenvalue weighted by molar-refractivity contribution is 6.00. The molecule has 1 atom stereocenters. The Labute approximate surface area is 190 Å². The molecule has 4 rings (SSSR count). The molecule has 7 nitrogen and oxygen atoms in total. The van der Waals surface area contributed by atoms with Crippen molar-refractivity contribution in [2.45, 2.75) is 46.5 Å².